The zero-order valence-corrected chi connectivity index (χ0v) is 23.6. The number of carbonyl (C=O) groups is 2. The second-order valence-corrected chi connectivity index (χ2v) is 13.1. The smallest absolute Gasteiger partial charge is 0.237 e. The van der Waals surface area contributed by atoms with Gasteiger partial charge in [-0.3, -0.25) is 9.59 Å². The molecule has 2 amide bonds. The molecule has 2 aliphatic heterocycles. The van der Waals surface area contributed by atoms with Gasteiger partial charge in [0.05, 0.1) is 22.1 Å². The topological polar surface area (TPSA) is 90.5 Å². The molecule has 1 saturated carbocycles. The molecule has 1 aliphatic carbocycles. The van der Waals surface area contributed by atoms with Gasteiger partial charge >= 0.3 is 0 Å². The van der Waals surface area contributed by atoms with Crippen LogP contribution in [0.2, 0.25) is 5.02 Å². The van der Waals surface area contributed by atoms with Crippen LogP contribution >= 0.6 is 11.6 Å². The first-order valence-corrected chi connectivity index (χ1v) is 13.7. The minimum Gasteiger partial charge on any atom is -0.390 e. The van der Waals surface area contributed by atoms with E-state index in [1.54, 1.807) is 19.9 Å². The fraction of sp³-hybridized carbons (Fsp3) is 0.586. The van der Waals surface area contributed by atoms with Crippen LogP contribution in [-0.4, -0.2) is 47.3 Å². The number of benzene rings is 1. The summed E-state index contributed by atoms with van der Waals surface area (Å²) in [6, 6.07) is 1.00. The molecular formula is C29H37ClF3N3O3. The van der Waals surface area contributed by atoms with Crippen molar-refractivity contribution in [1.82, 2.24) is 10.6 Å². The number of allylic oxidation sites excluding steroid dienone is 4. The predicted octanol–water partition coefficient (Wildman–Crippen LogP) is 5.11. The molecule has 2 heterocycles. The Morgan fingerprint density at radius 3 is 2.59 bits per heavy atom. The zero-order valence-electron chi connectivity index (χ0n) is 22.9. The fourth-order valence-corrected chi connectivity index (χ4v) is 6.81. The number of amides is 2. The summed E-state index contributed by atoms with van der Waals surface area (Å²) >= 11 is 6.06. The standard InChI is InChI=1S/C29H37ClF3N3O3/c1-15(7-6-8-16(32)14-31)23-24(25(37)34-17-11-28(5,39)12-17)36-22(13-27(2,3)4)29(23)18-9-20(33)19(30)10-21(18)35-26(29)38/h6-10,15,17,22-24,36,39H,11-14H2,1-5H3,(H,34,37)(H,35,38)/b7-6-,16-8+/t15?,17-,22-,23-,24+,28+,29+/m0/s1. The van der Waals surface area contributed by atoms with Gasteiger partial charge in [-0.05, 0) is 61.3 Å². The van der Waals surface area contributed by atoms with E-state index in [9.17, 15) is 27.9 Å². The summed E-state index contributed by atoms with van der Waals surface area (Å²) in [5, 5.41) is 19.3. The molecule has 2 fully saturated rings. The molecule has 4 rings (SSSR count). The summed E-state index contributed by atoms with van der Waals surface area (Å²) in [5.41, 5.74) is -1.68. The third-order valence-electron chi connectivity index (χ3n) is 8.15. The Morgan fingerprint density at radius 1 is 1.33 bits per heavy atom. The van der Waals surface area contributed by atoms with Gasteiger partial charge in [0.25, 0.3) is 0 Å². The maximum absolute atomic E-state index is 14.9. The fourth-order valence-electron chi connectivity index (χ4n) is 6.65. The highest BCUT2D eigenvalue weighted by molar-refractivity contribution is 6.31. The lowest BCUT2D eigenvalue weighted by Crippen LogP contribution is -2.58. The summed E-state index contributed by atoms with van der Waals surface area (Å²) in [5.74, 6) is -3.56. The van der Waals surface area contributed by atoms with Crippen molar-refractivity contribution in [3.05, 3.63) is 52.6 Å². The Kier molecular flexibility index (Phi) is 8.02. The van der Waals surface area contributed by atoms with Gasteiger partial charge in [0.2, 0.25) is 11.8 Å². The Labute approximate surface area is 232 Å². The molecule has 0 aromatic heterocycles. The predicted molar refractivity (Wildman–Crippen MR) is 145 cm³/mol. The summed E-state index contributed by atoms with van der Waals surface area (Å²) in [7, 11) is 0. The lowest BCUT2D eigenvalue weighted by atomic mass is 9.61. The SMILES string of the molecule is CC(/C=C\C=C(\F)CF)[C@H]1[C@H](C(=O)N[C@H]2C[C@@](C)(O)C2)N[C@@H](CC(C)(C)C)[C@@]12C(=O)Nc1cc(Cl)c(F)cc12. The second-order valence-electron chi connectivity index (χ2n) is 12.7. The number of fused-ring (bicyclic) bond motifs is 2. The van der Waals surface area contributed by atoms with Crippen LogP contribution in [0.25, 0.3) is 0 Å². The maximum atomic E-state index is 14.9. The molecule has 0 radical (unpaired) electrons. The highest BCUT2D eigenvalue weighted by Gasteiger charge is 2.66. The molecule has 10 heteroatoms. The average Bonchev–Trinajstić information content (AvgIpc) is 3.27. The van der Waals surface area contributed by atoms with Crippen LogP contribution in [0.4, 0.5) is 18.9 Å². The summed E-state index contributed by atoms with van der Waals surface area (Å²) in [6.45, 7) is 8.32. The molecule has 39 heavy (non-hydrogen) atoms. The van der Waals surface area contributed by atoms with E-state index in [0.29, 0.717) is 30.5 Å². The number of carbonyl (C=O) groups excluding carboxylic acids is 2. The van der Waals surface area contributed by atoms with Crippen molar-refractivity contribution in [2.75, 3.05) is 12.0 Å². The van der Waals surface area contributed by atoms with Crippen molar-refractivity contribution in [3.8, 4) is 0 Å². The number of alkyl halides is 1. The monoisotopic (exact) mass is 567 g/mol. The first kappa shape index (κ1) is 29.6. The zero-order chi connectivity index (χ0) is 28.9. The third-order valence-corrected chi connectivity index (χ3v) is 8.44. The van der Waals surface area contributed by atoms with Gasteiger partial charge in [-0.15, -0.1) is 0 Å². The normalized spacial score (nSPS) is 33.3. The molecule has 0 bridgehead atoms. The van der Waals surface area contributed by atoms with Crippen LogP contribution in [0, 0.1) is 23.1 Å². The third kappa shape index (κ3) is 5.63. The Bertz CT molecular complexity index is 1200. The molecule has 1 saturated heterocycles. The van der Waals surface area contributed by atoms with Gasteiger partial charge in [0.15, 0.2) is 0 Å². The molecule has 5 atom stereocenters. The molecule has 3 aliphatic rings. The van der Waals surface area contributed by atoms with E-state index < -0.39 is 53.3 Å². The van der Waals surface area contributed by atoms with Gasteiger partial charge in [0, 0.05) is 23.7 Å². The maximum Gasteiger partial charge on any atom is 0.237 e. The van der Waals surface area contributed by atoms with Crippen LogP contribution in [0.5, 0.6) is 0 Å². The second kappa shape index (κ2) is 10.6. The Hall–Kier alpha value is -2.36. The van der Waals surface area contributed by atoms with Crippen molar-refractivity contribution < 1.29 is 27.9 Å². The van der Waals surface area contributed by atoms with E-state index in [0.717, 1.165) is 6.08 Å². The van der Waals surface area contributed by atoms with Crippen LogP contribution in [0.3, 0.4) is 0 Å². The van der Waals surface area contributed by atoms with Gasteiger partial charge in [-0.25, -0.2) is 13.2 Å². The van der Waals surface area contributed by atoms with Crippen molar-refractivity contribution >= 4 is 29.1 Å². The van der Waals surface area contributed by atoms with E-state index in [2.05, 4.69) is 16.0 Å². The van der Waals surface area contributed by atoms with E-state index in [1.165, 1.54) is 18.2 Å². The molecule has 1 unspecified atom stereocenters. The highest BCUT2D eigenvalue weighted by atomic mass is 35.5. The lowest BCUT2D eigenvalue weighted by molar-refractivity contribution is -0.128. The van der Waals surface area contributed by atoms with Gasteiger partial charge < -0.3 is 21.1 Å². The first-order valence-electron chi connectivity index (χ1n) is 13.3. The van der Waals surface area contributed by atoms with Crippen molar-refractivity contribution in [3.63, 3.8) is 0 Å². The summed E-state index contributed by atoms with van der Waals surface area (Å²) in [4.78, 5) is 27.8. The minimum absolute atomic E-state index is 0.132. The van der Waals surface area contributed by atoms with E-state index in [1.807, 2.05) is 20.8 Å². The first-order chi connectivity index (χ1) is 18.1. The quantitative estimate of drug-likeness (QED) is 0.345. The van der Waals surface area contributed by atoms with Crippen molar-refractivity contribution in [2.45, 2.75) is 83.0 Å². The highest BCUT2D eigenvalue weighted by Crippen LogP contribution is 2.55. The van der Waals surface area contributed by atoms with Gasteiger partial charge in [-0.1, -0.05) is 51.4 Å². The number of anilines is 1. The molecular weight excluding hydrogens is 531 g/mol. The molecule has 6 nitrogen and oxygen atoms in total. The molecule has 4 N–H and O–H groups in total. The molecule has 1 aromatic carbocycles. The van der Waals surface area contributed by atoms with Crippen LogP contribution < -0.4 is 16.0 Å². The molecule has 1 aromatic rings. The molecule has 214 valence electrons. The van der Waals surface area contributed by atoms with Crippen LogP contribution in [0.1, 0.15) is 59.4 Å². The number of nitrogens with one attached hydrogen (secondary N) is 3. The Morgan fingerprint density at radius 2 is 2.00 bits per heavy atom. The van der Waals surface area contributed by atoms with Gasteiger partial charge in [0.1, 0.15) is 18.3 Å². The average molecular weight is 568 g/mol. The number of hydrogen-bond acceptors (Lipinski definition) is 4. The summed E-state index contributed by atoms with van der Waals surface area (Å²) < 4.78 is 41.1. The van der Waals surface area contributed by atoms with Gasteiger partial charge in [-0.2, -0.15) is 0 Å². The summed E-state index contributed by atoms with van der Waals surface area (Å²) in [6.07, 6.45) is 5.31. The van der Waals surface area contributed by atoms with E-state index >= 15 is 0 Å². The van der Waals surface area contributed by atoms with Crippen molar-refractivity contribution in [2.24, 2.45) is 17.3 Å². The number of aliphatic hydroxyl groups is 1. The van der Waals surface area contributed by atoms with E-state index in [-0.39, 0.29) is 28.3 Å². The van der Waals surface area contributed by atoms with Crippen LogP contribution in [-0.2, 0) is 15.0 Å². The number of hydrogen-bond donors (Lipinski definition) is 4. The van der Waals surface area contributed by atoms with Crippen LogP contribution in [0.15, 0.2) is 36.2 Å². The Balaban J connectivity index is 1.84. The number of halogens is 4. The largest absolute Gasteiger partial charge is 0.390 e. The lowest BCUT2D eigenvalue weighted by Gasteiger charge is -2.42. The van der Waals surface area contributed by atoms with Crippen molar-refractivity contribution in [1.29, 1.82) is 0 Å². The number of rotatable bonds is 7. The van der Waals surface area contributed by atoms with E-state index in [4.69, 9.17) is 11.6 Å². The minimum atomic E-state index is -1.35. The molecule has 1 spiro atoms.